The maximum Gasteiger partial charge on any atom is 0.123 e. The van der Waals surface area contributed by atoms with E-state index in [0.29, 0.717) is 6.61 Å². The molecule has 5 heteroatoms. The lowest BCUT2D eigenvalue weighted by Gasteiger charge is -2.17. The van der Waals surface area contributed by atoms with Gasteiger partial charge in [-0.05, 0) is 56.4 Å². The molecular weight excluding hydrogens is 286 g/mol. The highest BCUT2D eigenvalue weighted by atomic mass is 35.5. The highest BCUT2D eigenvalue weighted by Crippen LogP contribution is 2.33. The second-order valence-corrected chi connectivity index (χ2v) is 5.65. The monoisotopic (exact) mass is 307 g/mol. The summed E-state index contributed by atoms with van der Waals surface area (Å²) in [5, 5.41) is 9.06. The number of hydrogen-bond acceptors (Lipinski definition) is 3. The van der Waals surface area contributed by atoms with E-state index in [9.17, 15) is 0 Å². The molecule has 0 radical (unpaired) electrons. The van der Waals surface area contributed by atoms with Crippen LogP contribution in [0.15, 0.2) is 18.3 Å². The van der Waals surface area contributed by atoms with Crippen LogP contribution in [0.2, 0.25) is 5.02 Å². The highest BCUT2D eigenvalue weighted by Gasteiger charge is 2.16. The molecule has 0 aliphatic heterocycles. The van der Waals surface area contributed by atoms with Crippen LogP contribution in [-0.4, -0.2) is 21.6 Å². The molecule has 0 amide bonds. The Labute approximate surface area is 131 Å². The minimum Gasteiger partial charge on any atom is -0.494 e. The van der Waals surface area contributed by atoms with Gasteiger partial charge in [0.25, 0.3) is 0 Å². The molecule has 0 spiro atoms. The zero-order chi connectivity index (χ0) is 15.4. The topological polar surface area (TPSA) is 39.9 Å². The standard InChI is InChI=1S/C16H22ClN3O/c1-5-20-10-13(18-19-20)7-11(3)14-9-15(17)12(4)8-16(14)21-6-2/h8-11H,5-7H2,1-4H3. The van der Waals surface area contributed by atoms with Crippen molar-refractivity contribution in [3.63, 3.8) is 0 Å². The number of aromatic nitrogens is 3. The summed E-state index contributed by atoms with van der Waals surface area (Å²) in [6.45, 7) is 9.68. The number of aryl methyl sites for hydroxylation is 2. The number of rotatable bonds is 6. The van der Waals surface area contributed by atoms with Gasteiger partial charge in [-0.25, -0.2) is 0 Å². The highest BCUT2D eigenvalue weighted by molar-refractivity contribution is 6.31. The fourth-order valence-electron chi connectivity index (χ4n) is 2.35. The normalized spacial score (nSPS) is 12.4. The molecule has 1 aromatic heterocycles. The van der Waals surface area contributed by atoms with Crippen molar-refractivity contribution in [2.45, 2.75) is 46.6 Å². The fraction of sp³-hybridized carbons (Fsp3) is 0.500. The van der Waals surface area contributed by atoms with E-state index >= 15 is 0 Å². The van der Waals surface area contributed by atoms with Crippen LogP contribution in [-0.2, 0) is 13.0 Å². The molecule has 0 saturated heterocycles. The van der Waals surface area contributed by atoms with E-state index in [4.69, 9.17) is 16.3 Å². The SMILES string of the molecule is CCOc1cc(C)c(Cl)cc1C(C)Cc1cn(CC)nn1. The van der Waals surface area contributed by atoms with Crippen molar-refractivity contribution in [3.05, 3.63) is 40.2 Å². The first kappa shape index (κ1) is 15.8. The van der Waals surface area contributed by atoms with Crippen molar-refractivity contribution < 1.29 is 4.74 Å². The van der Waals surface area contributed by atoms with Crippen LogP contribution in [0, 0.1) is 6.92 Å². The largest absolute Gasteiger partial charge is 0.494 e. The molecule has 1 aromatic carbocycles. The van der Waals surface area contributed by atoms with Crippen molar-refractivity contribution >= 4 is 11.6 Å². The predicted octanol–water partition coefficient (Wildman–Crippen LogP) is 4.00. The van der Waals surface area contributed by atoms with E-state index in [-0.39, 0.29) is 5.92 Å². The molecule has 0 bridgehead atoms. The molecule has 0 fully saturated rings. The van der Waals surface area contributed by atoms with Crippen LogP contribution in [0.25, 0.3) is 0 Å². The van der Waals surface area contributed by atoms with Crippen LogP contribution in [0.1, 0.15) is 43.5 Å². The fourth-order valence-corrected chi connectivity index (χ4v) is 2.52. The van der Waals surface area contributed by atoms with Crippen molar-refractivity contribution in [1.29, 1.82) is 0 Å². The second-order valence-electron chi connectivity index (χ2n) is 5.24. The third kappa shape index (κ3) is 3.76. The van der Waals surface area contributed by atoms with E-state index < -0.39 is 0 Å². The van der Waals surface area contributed by atoms with Crippen LogP contribution >= 0.6 is 11.6 Å². The van der Waals surface area contributed by atoms with Gasteiger partial charge >= 0.3 is 0 Å². The number of halogens is 1. The molecule has 1 heterocycles. The molecule has 114 valence electrons. The third-order valence-corrected chi connectivity index (χ3v) is 3.95. The minimum atomic E-state index is 0.270. The van der Waals surface area contributed by atoms with E-state index in [1.165, 1.54) is 0 Å². The van der Waals surface area contributed by atoms with E-state index in [0.717, 1.165) is 40.6 Å². The zero-order valence-corrected chi connectivity index (χ0v) is 13.8. The summed E-state index contributed by atoms with van der Waals surface area (Å²) in [6, 6.07) is 4.03. The maximum absolute atomic E-state index is 6.27. The van der Waals surface area contributed by atoms with Gasteiger partial charge in [-0.1, -0.05) is 23.7 Å². The Morgan fingerprint density at radius 1 is 1.33 bits per heavy atom. The average molecular weight is 308 g/mol. The van der Waals surface area contributed by atoms with Gasteiger partial charge in [-0.2, -0.15) is 0 Å². The quantitative estimate of drug-likeness (QED) is 0.809. The predicted molar refractivity (Wildman–Crippen MR) is 85.2 cm³/mol. The van der Waals surface area contributed by atoms with Crippen LogP contribution in [0.4, 0.5) is 0 Å². The minimum absolute atomic E-state index is 0.270. The summed E-state index contributed by atoms with van der Waals surface area (Å²) in [7, 11) is 0. The van der Waals surface area contributed by atoms with Gasteiger partial charge in [0.1, 0.15) is 5.75 Å². The summed E-state index contributed by atoms with van der Waals surface area (Å²) in [6.07, 6.45) is 2.81. The van der Waals surface area contributed by atoms with Gasteiger partial charge in [0.2, 0.25) is 0 Å². The molecule has 2 rings (SSSR count). The molecule has 1 atom stereocenters. The summed E-state index contributed by atoms with van der Waals surface area (Å²) >= 11 is 6.27. The maximum atomic E-state index is 6.27. The van der Waals surface area contributed by atoms with Crippen LogP contribution < -0.4 is 4.74 Å². The first-order valence-corrected chi connectivity index (χ1v) is 7.74. The summed E-state index contributed by atoms with van der Waals surface area (Å²) in [4.78, 5) is 0. The van der Waals surface area contributed by atoms with Gasteiger partial charge in [0, 0.05) is 17.8 Å². The summed E-state index contributed by atoms with van der Waals surface area (Å²) in [5.41, 5.74) is 3.15. The summed E-state index contributed by atoms with van der Waals surface area (Å²) in [5.74, 6) is 1.18. The molecule has 0 aliphatic rings. The number of hydrogen-bond donors (Lipinski definition) is 0. The molecule has 4 nitrogen and oxygen atoms in total. The molecule has 2 aromatic rings. The summed E-state index contributed by atoms with van der Waals surface area (Å²) < 4.78 is 7.60. The van der Waals surface area contributed by atoms with E-state index in [1.807, 2.05) is 36.9 Å². The molecular formula is C16H22ClN3O. The Bertz CT molecular complexity index is 610. The lowest BCUT2D eigenvalue weighted by molar-refractivity contribution is 0.334. The number of benzene rings is 1. The molecule has 0 N–H and O–H groups in total. The third-order valence-electron chi connectivity index (χ3n) is 3.55. The molecule has 0 saturated carbocycles. The lowest BCUT2D eigenvalue weighted by Crippen LogP contribution is -2.04. The average Bonchev–Trinajstić information content (AvgIpc) is 2.90. The Hall–Kier alpha value is -1.55. The van der Waals surface area contributed by atoms with Crippen LogP contribution in [0.3, 0.4) is 0 Å². The van der Waals surface area contributed by atoms with Crippen molar-refractivity contribution in [2.75, 3.05) is 6.61 Å². The number of ether oxygens (including phenoxy) is 1. The Morgan fingerprint density at radius 3 is 2.71 bits per heavy atom. The zero-order valence-electron chi connectivity index (χ0n) is 13.1. The molecule has 21 heavy (non-hydrogen) atoms. The van der Waals surface area contributed by atoms with Gasteiger partial charge in [0.15, 0.2) is 0 Å². The van der Waals surface area contributed by atoms with Crippen molar-refractivity contribution in [2.24, 2.45) is 0 Å². The number of nitrogens with zero attached hydrogens (tertiary/aromatic N) is 3. The Morgan fingerprint density at radius 2 is 2.10 bits per heavy atom. The van der Waals surface area contributed by atoms with E-state index in [1.54, 1.807) is 0 Å². The molecule has 1 unspecified atom stereocenters. The van der Waals surface area contributed by atoms with Crippen LogP contribution in [0.5, 0.6) is 5.75 Å². The van der Waals surface area contributed by atoms with Crippen molar-refractivity contribution in [3.8, 4) is 5.75 Å². The first-order valence-electron chi connectivity index (χ1n) is 7.37. The lowest BCUT2D eigenvalue weighted by atomic mass is 9.94. The van der Waals surface area contributed by atoms with Gasteiger partial charge in [0.05, 0.1) is 12.3 Å². The Kier molecular flexibility index (Phi) is 5.23. The first-order chi connectivity index (χ1) is 10.0. The van der Waals surface area contributed by atoms with Crippen molar-refractivity contribution in [1.82, 2.24) is 15.0 Å². The smallest absolute Gasteiger partial charge is 0.123 e. The van der Waals surface area contributed by atoms with E-state index in [2.05, 4.69) is 24.2 Å². The second kappa shape index (κ2) is 6.94. The Balaban J connectivity index is 2.24. The van der Waals surface area contributed by atoms with Gasteiger partial charge in [-0.3, -0.25) is 4.68 Å². The molecule has 0 aliphatic carbocycles. The van der Waals surface area contributed by atoms with Gasteiger partial charge < -0.3 is 4.74 Å². The van der Waals surface area contributed by atoms with Gasteiger partial charge in [-0.15, -0.1) is 5.10 Å².